The Morgan fingerprint density at radius 1 is 0.939 bits per heavy atom. The Kier molecular flexibility index (Phi) is 5.04. The molecule has 0 radical (unpaired) electrons. The number of nitrogens with zero attached hydrogens (tertiary/aromatic N) is 6. The summed E-state index contributed by atoms with van der Waals surface area (Å²) < 4.78 is 42.2. The third-order valence-electron chi connectivity index (χ3n) is 5.24. The molecule has 0 bridgehead atoms. The number of aromatic nitrogens is 6. The maximum absolute atomic E-state index is 13.0. The van der Waals surface area contributed by atoms with E-state index < -0.39 is 11.7 Å². The number of rotatable bonds is 5. The van der Waals surface area contributed by atoms with Gasteiger partial charge in [-0.3, -0.25) is 9.08 Å². The minimum absolute atomic E-state index is 0.196. The van der Waals surface area contributed by atoms with Crippen LogP contribution in [0.4, 0.5) is 19.0 Å². The van der Waals surface area contributed by atoms with Gasteiger partial charge in [-0.1, -0.05) is 24.3 Å². The average Bonchev–Trinajstić information content (AvgIpc) is 3.43. The second kappa shape index (κ2) is 8.05. The zero-order valence-electron chi connectivity index (χ0n) is 17.5. The molecule has 0 aliphatic rings. The van der Waals surface area contributed by atoms with Gasteiger partial charge in [-0.05, 0) is 23.3 Å². The molecule has 0 saturated heterocycles. The molecule has 4 aromatic heterocycles. The smallest absolute Gasteiger partial charge is 0.366 e. The first-order chi connectivity index (χ1) is 15.9. The van der Waals surface area contributed by atoms with E-state index >= 15 is 0 Å². The van der Waals surface area contributed by atoms with Crippen LogP contribution in [0.25, 0.3) is 28.2 Å². The van der Waals surface area contributed by atoms with Gasteiger partial charge in [0.2, 0.25) is 0 Å². The Bertz CT molecular complexity index is 1420. The van der Waals surface area contributed by atoms with E-state index in [0.717, 1.165) is 28.8 Å². The van der Waals surface area contributed by atoms with Crippen LogP contribution in [0.1, 0.15) is 11.1 Å². The summed E-state index contributed by atoms with van der Waals surface area (Å²) >= 11 is 0. The van der Waals surface area contributed by atoms with Crippen LogP contribution in [0.3, 0.4) is 0 Å². The van der Waals surface area contributed by atoms with E-state index in [1.165, 1.54) is 18.7 Å². The van der Waals surface area contributed by atoms with Crippen molar-refractivity contribution >= 4 is 11.5 Å². The first-order valence-corrected chi connectivity index (χ1v) is 10.1. The molecule has 0 aliphatic heterocycles. The monoisotopic (exact) mass is 449 g/mol. The Morgan fingerprint density at radius 2 is 1.76 bits per heavy atom. The van der Waals surface area contributed by atoms with Crippen LogP contribution in [-0.2, 0) is 19.8 Å². The zero-order chi connectivity index (χ0) is 23.0. The number of imidazole rings is 1. The van der Waals surface area contributed by atoms with Gasteiger partial charge in [0.15, 0.2) is 0 Å². The lowest BCUT2D eigenvalue weighted by Crippen LogP contribution is -2.05. The first-order valence-electron chi connectivity index (χ1n) is 10.1. The highest BCUT2D eigenvalue weighted by Crippen LogP contribution is 2.31. The molecule has 5 rings (SSSR count). The van der Waals surface area contributed by atoms with E-state index in [2.05, 4.69) is 25.4 Å². The lowest BCUT2D eigenvalue weighted by Gasteiger charge is -2.09. The number of anilines is 1. The van der Waals surface area contributed by atoms with Crippen LogP contribution in [0.5, 0.6) is 0 Å². The van der Waals surface area contributed by atoms with Crippen molar-refractivity contribution in [1.82, 2.24) is 29.1 Å². The van der Waals surface area contributed by atoms with Crippen LogP contribution in [-0.4, -0.2) is 29.1 Å². The van der Waals surface area contributed by atoms with Crippen molar-refractivity contribution in [2.75, 3.05) is 5.32 Å². The second-order valence-electron chi connectivity index (χ2n) is 7.53. The predicted molar refractivity (Wildman–Crippen MR) is 117 cm³/mol. The van der Waals surface area contributed by atoms with E-state index in [0.29, 0.717) is 23.8 Å². The molecule has 0 aliphatic carbocycles. The van der Waals surface area contributed by atoms with Crippen molar-refractivity contribution in [2.24, 2.45) is 7.05 Å². The maximum Gasteiger partial charge on any atom is 0.416 e. The maximum atomic E-state index is 13.0. The zero-order valence-corrected chi connectivity index (χ0v) is 17.5. The highest BCUT2D eigenvalue weighted by atomic mass is 19.4. The molecule has 1 N–H and O–H groups in total. The van der Waals surface area contributed by atoms with Crippen LogP contribution in [0, 0.1) is 0 Å². The Labute approximate surface area is 186 Å². The van der Waals surface area contributed by atoms with Gasteiger partial charge in [-0.25, -0.2) is 15.0 Å². The number of alkyl halides is 3. The van der Waals surface area contributed by atoms with Crippen molar-refractivity contribution in [3.8, 4) is 22.5 Å². The van der Waals surface area contributed by atoms with Gasteiger partial charge in [0, 0.05) is 37.6 Å². The number of fused-ring (bicyclic) bond motifs is 1. The normalized spacial score (nSPS) is 11.8. The quantitative estimate of drug-likeness (QED) is 0.416. The average molecular weight is 449 g/mol. The summed E-state index contributed by atoms with van der Waals surface area (Å²) in [6.45, 7) is 0.547. The Balaban J connectivity index is 1.32. The molecule has 166 valence electrons. The summed E-state index contributed by atoms with van der Waals surface area (Å²) in [6, 6.07) is 11.9. The number of hydrogen-bond donors (Lipinski definition) is 1. The number of benzene rings is 1. The first kappa shape index (κ1) is 20.7. The molecule has 0 atom stereocenters. The van der Waals surface area contributed by atoms with Crippen LogP contribution < -0.4 is 5.32 Å². The summed E-state index contributed by atoms with van der Waals surface area (Å²) in [7, 11) is 1.88. The highest BCUT2D eigenvalue weighted by molar-refractivity contribution is 5.64. The Morgan fingerprint density at radius 3 is 2.48 bits per heavy atom. The standard InChI is InChI=1S/C23H18F3N7/c1-32-13-17(11-31-32)16-4-2-15(3-5-16)10-27-21-9-19(29-14-30-21)20-12-28-22-8-18(23(24,25)26)6-7-33(20)22/h2-9,11-14H,10H2,1H3,(H,27,29,30). The van der Waals surface area contributed by atoms with E-state index in [1.54, 1.807) is 15.1 Å². The van der Waals surface area contributed by atoms with Crippen molar-refractivity contribution < 1.29 is 13.2 Å². The number of halogens is 3. The molecule has 7 nitrogen and oxygen atoms in total. The van der Waals surface area contributed by atoms with E-state index in [-0.39, 0.29) is 5.65 Å². The summed E-state index contributed by atoms with van der Waals surface area (Å²) in [4.78, 5) is 12.6. The lowest BCUT2D eigenvalue weighted by molar-refractivity contribution is -0.137. The van der Waals surface area contributed by atoms with Gasteiger partial charge < -0.3 is 5.32 Å². The second-order valence-corrected chi connectivity index (χ2v) is 7.53. The summed E-state index contributed by atoms with van der Waals surface area (Å²) in [5.41, 5.74) is 3.77. The molecule has 10 heteroatoms. The van der Waals surface area contributed by atoms with Crippen LogP contribution in [0.15, 0.2) is 73.6 Å². The summed E-state index contributed by atoms with van der Waals surface area (Å²) in [5, 5.41) is 7.45. The Hall–Kier alpha value is -4.21. The molecule has 33 heavy (non-hydrogen) atoms. The van der Waals surface area contributed by atoms with Crippen molar-refractivity contribution in [1.29, 1.82) is 0 Å². The fraction of sp³-hybridized carbons (Fsp3) is 0.130. The predicted octanol–water partition coefficient (Wildman–Crippen LogP) is 4.82. The van der Waals surface area contributed by atoms with Gasteiger partial charge in [0.05, 0.1) is 29.3 Å². The number of aryl methyl sites for hydroxylation is 1. The highest BCUT2D eigenvalue weighted by Gasteiger charge is 2.31. The third-order valence-corrected chi connectivity index (χ3v) is 5.24. The third kappa shape index (κ3) is 4.27. The lowest BCUT2D eigenvalue weighted by atomic mass is 10.1. The van der Waals surface area contributed by atoms with Crippen molar-refractivity contribution in [2.45, 2.75) is 12.7 Å². The van der Waals surface area contributed by atoms with Crippen molar-refractivity contribution in [3.05, 3.63) is 84.7 Å². The molecule has 0 unspecified atom stereocenters. The molecule has 4 heterocycles. The number of pyridine rings is 1. The molecule has 0 spiro atoms. The SMILES string of the molecule is Cn1cc(-c2ccc(CNc3cc(-c4cnc5cc(C(F)(F)F)ccn45)ncn3)cc2)cn1. The molecular formula is C23H18F3N7. The summed E-state index contributed by atoms with van der Waals surface area (Å²) in [5.74, 6) is 0.596. The van der Waals surface area contributed by atoms with E-state index in [9.17, 15) is 13.2 Å². The van der Waals surface area contributed by atoms with E-state index in [1.807, 2.05) is 43.7 Å². The fourth-order valence-corrected chi connectivity index (χ4v) is 3.52. The molecular weight excluding hydrogens is 431 g/mol. The molecule has 0 amide bonds. The van der Waals surface area contributed by atoms with Gasteiger partial charge >= 0.3 is 6.18 Å². The van der Waals surface area contributed by atoms with Gasteiger partial charge in [-0.15, -0.1) is 0 Å². The molecule has 0 fully saturated rings. The van der Waals surface area contributed by atoms with Gasteiger partial charge in [0.1, 0.15) is 17.8 Å². The number of hydrogen-bond acceptors (Lipinski definition) is 5. The molecule has 5 aromatic rings. The van der Waals surface area contributed by atoms with Gasteiger partial charge in [-0.2, -0.15) is 18.3 Å². The largest absolute Gasteiger partial charge is 0.416 e. The topological polar surface area (TPSA) is 72.9 Å². The number of nitrogens with one attached hydrogen (secondary N) is 1. The molecule has 1 aromatic carbocycles. The summed E-state index contributed by atoms with van der Waals surface area (Å²) in [6.07, 6.45) is 3.61. The van der Waals surface area contributed by atoms with Crippen LogP contribution >= 0.6 is 0 Å². The van der Waals surface area contributed by atoms with E-state index in [4.69, 9.17) is 0 Å². The minimum atomic E-state index is -4.42. The van der Waals surface area contributed by atoms with Crippen LogP contribution in [0.2, 0.25) is 0 Å². The minimum Gasteiger partial charge on any atom is -0.366 e. The molecule has 0 saturated carbocycles. The fourth-order valence-electron chi connectivity index (χ4n) is 3.52. The van der Waals surface area contributed by atoms with Gasteiger partial charge in [0.25, 0.3) is 0 Å². The van der Waals surface area contributed by atoms with Crippen molar-refractivity contribution in [3.63, 3.8) is 0 Å².